The zero-order chi connectivity index (χ0) is 20.6. The van der Waals surface area contributed by atoms with Gasteiger partial charge < -0.3 is 15.4 Å². The Morgan fingerprint density at radius 3 is 2.62 bits per heavy atom. The third-order valence-corrected chi connectivity index (χ3v) is 5.17. The SMILES string of the molecule is CCNC(=O)CN1CCCCC1C(=O)Nc1cccc(-c2cccc(OC)c2)c1. The zero-order valence-corrected chi connectivity index (χ0v) is 17.1. The number of amides is 2. The first-order valence-electron chi connectivity index (χ1n) is 10.2. The smallest absolute Gasteiger partial charge is 0.241 e. The monoisotopic (exact) mass is 395 g/mol. The minimum Gasteiger partial charge on any atom is -0.497 e. The number of ether oxygens (including phenoxy) is 1. The summed E-state index contributed by atoms with van der Waals surface area (Å²) in [6.45, 7) is 3.52. The number of carbonyl (C=O) groups excluding carboxylic acids is 2. The summed E-state index contributed by atoms with van der Waals surface area (Å²) in [6.07, 6.45) is 2.77. The molecule has 0 spiro atoms. The van der Waals surface area contributed by atoms with Crippen LogP contribution in [0.4, 0.5) is 5.69 Å². The number of methoxy groups -OCH3 is 1. The number of likely N-dealkylation sites (tertiary alicyclic amines) is 1. The first-order chi connectivity index (χ1) is 14.1. The van der Waals surface area contributed by atoms with Gasteiger partial charge in [-0.3, -0.25) is 14.5 Å². The number of benzene rings is 2. The molecule has 1 heterocycles. The highest BCUT2D eigenvalue weighted by atomic mass is 16.5. The van der Waals surface area contributed by atoms with Crippen LogP contribution in [-0.2, 0) is 9.59 Å². The van der Waals surface area contributed by atoms with E-state index < -0.39 is 0 Å². The van der Waals surface area contributed by atoms with Crippen LogP contribution in [0, 0.1) is 0 Å². The Hall–Kier alpha value is -2.86. The van der Waals surface area contributed by atoms with Gasteiger partial charge >= 0.3 is 0 Å². The number of hydrogen-bond donors (Lipinski definition) is 2. The molecule has 1 unspecified atom stereocenters. The van der Waals surface area contributed by atoms with Gasteiger partial charge in [0.25, 0.3) is 0 Å². The van der Waals surface area contributed by atoms with Crippen LogP contribution in [0.5, 0.6) is 5.75 Å². The summed E-state index contributed by atoms with van der Waals surface area (Å²) < 4.78 is 5.30. The Kier molecular flexibility index (Phi) is 7.25. The van der Waals surface area contributed by atoms with Gasteiger partial charge in [-0.2, -0.15) is 0 Å². The number of nitrogens with one attached hydrogen (secondary N) is 2. The summed E-state index contributed by atoms with van der Waals surface area (Å²) in [4.78, 5) is 26.9. The topological polar surface area (TPSA) is 70.7 Å². The molecule has 0 radical (unpaired) electrons. The normalized spacial score (nSPS) is 16.8. The second-order valence-corrected chi connectivity index (χ2v) is 7.24. The lowest BCUT2D eigenvalue weighted by atomic mass is 10.0. The molecule has 29 heavy (non-hydrogen) atoms. The number of nitrogens with zero attached hydrogens (tertiary/aromatic N) is 1. The van der Waals surface area contributed by atoms with Gasteiger partial charge in [-0.1, -0.05) is 30.7 Å². The molecule has 2 N–H and O–H groups in total. The fraction of sp³-hybridized carbons (Fsp3) is 0.391. The molecule has 1 aliphatic rings. The number of anilines is 1. The molecule has 1 atom stereocenters. The molecular formula is C23H29N3O3. The quantitative estimate of drug-likeness (QED) is 0.755. The van der Waals surface area contributed by atoms with E-state index in [1.54, 1.807) is 7.11 Å². The molecular weight excluding hydrogens is 366 g/mol. The molecule has 6 nitrogen and oxygen atoms in total. The molecule has 2 amide bonds. The van der Waals surface area contributed by atoms with E-state index in [-0.39, 0.29) is 24.4 Å². The molecule has 0 bridgehead atoms. The van der Waals surface area contributed by atoms with E-state index in [1.807, 2.05) is 60.4 Å². The van der Waals surface area contributed by atoms with Crippen molar-refractivity contribution >= 4 is 17.5 Å². The van der Waals surface area contributed by atoms with E-state index >= 15 is 0 Å². The van der Waals surface area contributed by atoms with Gasteiger partial charge in [0, 0.05) is 12.2 Å². The second kappa shape index (κ2) is 10.1. The van der Waals surface area contributed by atoms with Crippen molar-refractivity contribution in [2.24, 2.45) is 0 Å². The van der Waals surface area contributed by atoms with Crippen LogP contribution in [0.25, 0.3) is 11.1 Å². The summed E-state index contributed by atoms with van der Waals surface area (Å²) in [5, 5.41) is 5.86. The molecule has 2 aromatic rings. The van der Waals surface area contributed by atoms with E-state index in [0.29, 0.717) is 6.54 Å². The molecule has 3 rings (SSSR count). The van der Waals surface area contributed by atoms with Gasteiger partial charge in [0.15, 0.2) is 0 Å². The lowest BCUT2D eigenvalue weighted by Crippen LogP contribution is -2.50. The highest BCUT2D eigenvalue weighted by Gasteiger charge is 2.29. The minimum absolute atomic E-state index is 0.0350. The molecule has 0 aliphatic carbocycles. The Bertz CT molecular complexity index is 853. The van der Waals surface area contributed by atoms with Gasteiger partial charge in [0.2, 0.25) is 11.8 Å². The minimum atomic E-state index is -0.285. The van der Waals surface area contributed by atoms with Crippen LogP contribution in [-0.4, -0.2) is 49.5 Å². The van der Waals surface area contributed by atoms with Gasteiger partial charge in [0.1, 0.15) is 5.75 Å². The van der Waals surface area contributed by atoms with E-state index in [4.69, 9.17) is 4.74 Å². The third-order valence-electron chi connectivity index (χ3n) is 5.17. The first-order valence-corrected chi connectivity index (χ1v) is 10.2. The number of hydrogen-bond acceptors (Lipinski definition) is 4. The average molecular weight is 396 g/mol. The number of rotatable bonds is 7. The van der Waals surface area contributed by atoms with Gasteiger partial charge in [-0.05, 0) is 61.7 Å². The predicted octanol–water partition coefficient (Wildman–Crippen LogP) is 3.29. The lowest BCUT2D eigenvalue weighted by Gasteiger charge is -2.34. The first kappa shape index (κ1) is 20.9. The van der Waals surface area contributed by atoms with Crippen molar-refractivity contribution in [1.29, 1.82) is 0 Å². The number of likely N-dealkylation sites (N-methyl/N-ethyl adjacent to an activating group) is 1. The van der Waals surface area contributed by atoms with Crippen molar-refractivity contribution < 1.29 is 14.3 Å². The molecule has 0 aromatic heterocycles. The summed E-state index contributed by atoms with van der Waals surface area (Å²) in [7, 11) is 1.65. The van der Waals surface area contributed by atoms with Gasteiger partial charge in [-0.15, -0.1) is 0 Å². The van der Waals surface area contributed by atoms with Crippen LogP contribution in [0.15, 0.2) is 48.5 Å². The van der Waals surface area contributed by atoms with Crippen molar-refractivity contribution in [3.63, 3.8) is 0 Å². The third kappa shape index (κ3) is 5.57. The maximum absolute atomic E-state index is 13.0. The predicted molar refractivity (Wildman–Crippen MR) is 115 cm³/mol. The summed E-state index contributed by atoms with van der Waals surface area (Å²) in [5.41, 5.74) is 2.78. The van der Waals surface area contributed by atoms with E-state index in [9.17, 15) is 9.59 Å². The highest BCUT2D eigenvalue weighted by molar-refractivity contribution is 5.95. The summed E-state index contributed by atoms with van der Waals surface area (Å²) in [5.74, 6) is 0.698. The van der Waals surface area contributed by atoms with Crippen LogP contribution in [0.2, 0.25) is 0 Å². The Morgan fingerprint density at radius 2 is 1.86 bits per heavy atom. The van der Waals surface area contributed by atoms with Crippen LogP contribution in [0.3, 0.4) is 0 Å². The molecule has 154 valence electrons. The van der Waals surface area contributed by atoms with Gasteiger partial charge in [-0.25, -0.2) is 0 Å². The number of piperidine rings is 1. The lowest BCUT2D eigenvalue weighted by molar-refractivity contribution is -0.127. The average Bonchev–Trinajstić information content (AvgIpc) is 2.74. The van der Waals surface area contributed by atoms with Crippen molar-refractivity contribution in [2.75, 3.05) is 32.1 Å². The van der Waals surface area contributed by atoms with Crippen LogP contribution in [0.1, 0.15) is 26.2 Å². The van der Waals surface area contributed by atoms with E-state index in [1.165, 1.54) is 0 Å². The standard InChI is InChI=1S/C23H29N3O3/c1-3-24-22(27)16-26-13-5-4-12-21(26)23(28)25-19-10-6-8-17(14-19)18-9-7-11-20(15-18)29-2/h6-11,14-15,21H,3-5,12-13,16H2,1-2H3,(H,24,27)(H,25,28). The van der Waals surface area contributed by atoms with Crippen molar-refractivity contribution in [1.82, 2.24) is 10.2 Å². The van der Waals surface area contributed by atoms with Crippen molar-refractivity contribution in [2.45, 2.75) is 32.2 Å². The van der Waals surface area contributed by atoms with Crippen molar-refractivity contribution in [3.8, 4) is 16.9 Å². The van der Waals surface area contributed by atoms with Crippen LogP contribution < -0.4 is 15.4 Å². The molecule has 0 saturated carbocycles. The Morgan fingerprint density at radius 1 is 1.10 bits per heavy atom. The maximum Gasteiger partial charge on any atom is 0.241 e. The number of carbonyl (C=O) groups is 2. The largest absolute Gasteiger partial charge is 0.497 e. The molecule has 2 aromatic carbocycles. The molecule has 1 fully saturated rings. The van der Waals surface area contributed by atoms with E-state index in [2.05, 4.69) is 10.6 Å². The van der Waals surface area contributed by atoms with Gasteiger partial charge in [0.05, 0.1) is 19.7 Å². The molecule has 1 aliphatic heterocycles. The Labute approximate surface area is 172 Å². The fourth-order valence-electron chi connectivity index (χ4n) is 3.72. The second-order valence-electron chi connectivity index (χ2n) is 7.24. The van der Waals surface area contributed by atoms with Crippen LogP contribution >= 0.6 is 0 Å². The van der Waals surface area contributed by atoms with E-state index in [0.717, 1.165) is 48.4 Å². The summed E-state index contributed by atoms with van der Waals surface area (Å²) in [6, 6.07) is 15.3. The molecule has 6 heteroatoms. The fourth-order valence-corrected chi connectivity index (χ4v) is 3.72. The van der Waals surface area contributed by atoms with Crippen molar-refractivity contribution in [3.05, 3.63) is 48.5 Å². The Balaban J connectivity index is 1.71. The zero-order valence-electron chi connectivity index (χ0n) is 17.1. The highest BCUT2D eigenvalue weighted by Crippen LogP contribution is 2.26. The maximum atomic E-state index is 13.0. The molecule has 1 saturated heterocycles. The summed E-state index contributed by atoms with van der Waals surface area (Å²) >= 11 is 0.